The van der Waals surface area contributed by atoms with Crippen LogP contribution >= 0.6 is 11.3 Å². The molecule has 1 amide bonds. The number of nitrogens with one attached hydrogen (secondary N) is 1. The first-order valence-electron chi connectivity index (χ1n) is 7.33. The van der Waals surface area contributed by atoms with Crippen molar-refractivity contribution in [2.24, 2.45) is 0 Å². The van der Waals surface area contributed by atoms with Crippen LogP contribution in [0, 0.1) is 0 Å². The SMILES string of the molecule is O=C(Nc1cccc(-c2nc3ccccc3s2)c1)c1cnccn1. The molecule has 0 saturated carbocycles. The molecule has 5 nitrogen and oxygen atoms in total. The van der Waals surface area contributed by atoms with Crippen molar-refractivity contribution in [3.8, 4) is 10.6 Å². The van der Waals surface area contributed by atoms with Gasteiger partial charge in [-0.2, -0.15) is 0 Å². The number of benzene rings is 2. The Labute approximate surface area is 142 Å². The van der Waals surface area contributed by atoms with Crippen molar-refractivity contribution < 1.29 is 4.79 Å². The average Bonchev–Trinajstić information content (AvgIpc) is 3.07. The Hall–Kier alpha value is -3.12. The number of fused-ring (bicyclic) bond motifs is 1. The second-order valence-corrected chi connectivity index (χ2v) is 6.14. The number of carbonyl (C=O) groups excluding carboxylic acids is 1. The van der Waals surface area contributed by atoms with E-state index in [4.69, 9.17) is 0 Å². The lowest BCUT2D eigenvalue weighted by molar-refractivity contribution is 0.102. The number of anilines is 1. The van der Waals surface area contributed by atoms with E-state index in [2.05, 4.69) is 26.3 Å². The highest BCUT2D eigenvalue weighted by Gasteiger charge is 2.10. The number of hydrogen-bond acceptors (Lipinski definition) is 5. The van der Waals surface area contributed by atoms with E-state index in [9.17, 15) is 4.79 Å². The average molecular weight is 332 g/mol. The van der Waals surface area contributed by atoms with Crippen molar-refractivity contribution in [1.29, 1.82) is 0 Å². The molecule has 0 bridgehead atoms. The van der Waals surface area contributed by atoms with Gasteiger partial charge in [-0.25, -0.2) is 9.97 Å². The zero-order chi connectivity index (χ0) is 16.4. The molecule has 0 spiro atoms. The van der Waals surface area contributed by atoms with Crippen LogP contribution in [0.1, 0.15) is 10.5 Å². The van der Waals surface area contributed by atoms with Crippen molar-refractivity contribution in [2.45, 2.75) is 0 Å². The second-order valence-electron chi connectivity index (χ2n) is 5.11. The van der Waals surface area contributed by atoms with Gasteiger partial charge >= 0.3 is 0 Å². The fourth-order valence-electron chi connectivity index (χ4n) is 2.34. The summed E-state index contributed by atoms with van der Waals surface area (Å²) in [6.45, 7) is 0. The first-order chi connectivity index (χ1) is 11.8. The highest BCUT2D eigenvalue weighted by molar-refractivity contribution is 7.21. The summed E-state index contributed by atoms with van der Waals surface area (Å²) in [5.74, 6) is -0.287. The Kier molecular flexibility index (Phi) is 3.72. The van der Waals surface area contributed by atoms with Crippen LogP contribution in [0.15, 0.2) is 67.1 Å². The molecule has 0 atom stereocenters. The number of amides is 1. The largest absolute Gasteiger partial charge is 0.321 e. The Bertz CT molecular complexity index is 981. The van der Waals surface area contributed by atoms with Crippen molar-refractivity contribution in [2.75, 3.05) is 5.32 Å². The van der Waals surface area contributed by atoms with Crippen LogP contribution in [0.25, 0.3) is 20.8 Å². The zero-order valence-corrected chi connectivity index (χ0v) is 13.3. The van der Waals surface area contributed by atoms with Gasteiger partial charge in [0.25, 0.3) is 5.91 Å². The molecule has 2 heterocycles. The smallest absolute Gasteiger partial charge is 0.275 e. The van der Waals surface area contributed by atoms with Gasteiger partial charge in [0.15, 0.2) is 0 Å². The number of carbonyl (C=O) groups is 1. The van der Waals surface area contributed by atoms with E-state index in [0.29, 0.717) is 5.69 Å². The van der Waals surface area contributed by atoms with Gasteiger partial charge in [-0.1, -0.05) is 24.3 Å². The summed E-state index contributed by atoms with van der Waals surface area (Å²) >= 11 is 1.63. The molecular formula is C18H12N4OS. The minimum atomic E-state index is -0.287. The summed E-state index contributed by atoms with van der Waals surface area (Å²) in [6, 6.07) is 15.6. The highest BCUT2D eigenvalue weighted by atomic mass is 32.1. The molecule has 2 aromatic heterocycles. The van der Waals surface area contributed by atoms with Crippen LogP contribution in [-0.4, -0.2) is 20.9 Å². The van der Waals surface area contributed by atoms with Crippen molar-refractivity contribution >= 4 is 33.1 Å². The molecule has 0 aliphatic heterocycles. The standard InChI is InChI=1S/C18H12N4OS/c23-17(15-11-19-8-9-20-15)21-13-5-3-4-12(10-13)18-22-14-6-1-2-7-16(14)24-18/h1-11H,(H,21,23). The summed E-state index contributed by atoms with van der Waals surface area (Å²) in [5.41, 5.74) is 2.92. The van der Waals surface area contributed by atoms with E-state index in [1.54, 1.807) is 11.3 Å². The molecule has 0 radical (unpaired) electrons. The van der Waals surface area contributed by atoms with Crippen LogP contribution < -0.4 is 5.32 Å². The van der Waals surface area contributed by atoms with E-state index in [-0.39, 0.29) is 11.6 Å². The van der Waals surface area contributed by atoms with Crippen molar-refractivity contribution in [3.63, 3.8) is 0 Å². The van der Waals surface area contributed by atoms with E-state index in [0.717, 1.165) is 20.8 Å². The molecule has 0 aliphatic carbocycles. The Morgan fingerprint density at radius 2 is 1.96 bits per heavy atom. The molecule has 4 aromatic rings. The van der Waals surface area contributed by atoms with Gasteiger partial charge in [-0.15, -0.1) is 11.3 Å². The van der Waals surface area contributed by atoms with Gasteiger partial charge in [0, 0.05) is 23.6 Å². The number of para-hydroxylation sites is 1. The van der Waals surface area contributed by atoms with Gasteiger partial charge < -0.3 is 5.32 Å². The zero-order valence-electron chi connectivity index (χ0n) is 12.5. The van der Waals surface area contributed by atoms with E-state index >= 15 is 0 Å². The van der Waals surface area contributed by atoms with Gasteiger partial charge in [0.2, 0.25) is 0 Å². The molecule has 0 unspecified atom stereocenters. The third-order valence-corrected chi connectivity index (χ3v) is 4.54. The quantitative estimate of drug-likeness (QED) is 0.615. The lowest BCUT2D eigenvalue weighted by atomic mass is 10.2. The normalized spacial score (nSPS) is 10.7. The highest BCUT2D eigenvalue weighted by Crippen LogP contribution is 2.31. The maximum atomic E-state index is 12.2. The maximum absolute atomic E-state index is 12.2. The minimum Gasteiger partial charge on any atom is -0.321 e. The first kappa shape index (κ1) is 14.5. The number of thiazole rings is 1. The summed E-state index contributed by atoms with van der Waals surface area (Å²) in [6.07, 6.45) is 4.46. The summed E-state index contributed by atoms with van der Waals surface area (Å²) in [7, 11) is 0. The van der Waals surface area contributed by atoms with E-state index in [1.807, 2.05) is 42.5 Å². The van der Waals surface area contributed by atoms with Gasteiger partial charge in [-0.05, 0) is 24.3 Å². The monoisotopic (exact) mass is 332 g/mol. The van der Waals surface area contributed by atoms with Crippen LogP contribution in [-0.2, 0) is 0 Å². The molecular weight excluding hydrogens is 320 g/mol. The maximum Gasteiger partial charge on any atom is 0.275 e. The number of rotatable bonds is 3. The third kappa shape index (κ3) is 2.87. The molecule has 1 N–H and O–H groups in total. The van der Waals surface area contributed by atoms with E-state index < -0.39 is 0 Å². The molecule has 0 saturated heterocycles. The van der Waals surface area contributed by atoms with Crippen molar-refractivity contribution in [1.82, 2.24) is 15.0 Å². The van der Waals surface area contributed by atoms with Crippen LogP contribution in [0.5, 0.6) is 0 Å². The Morgan fingerprint density at radius 1 is 1.04 bits per heavy atom. The number of hydrogen-bond donors (Lipinski definition) is 1. The topological polar surface area (TPSA) is 67.8 Å². The molecule has 2 aromatic carbocycles. The molecule has 0 fully saturated rings. The van der Waals surface area contributed by atoms with Crippen LogP contribution in [0.4, 0.5) is 5.69 Å². The minimum absolute atomic E-state index is 0.280. The number of aromatic nitrogens is 3. The fraction of sp³-hybridized carbons (Fsp3) is 0. The Balaban J connectivity index is 1.63. The molecule has 24 heavy (non-hydrogen) atoms. The summed E-state index contributed by atoms with van der Waals surface area (Å²) in [4.78, 5) is 24.7. The van der Waals surface area contributed by atoms with Crippen LogP contribution in [0.2, 0.25) is 0 Å². The third-order valence-electron chi connectivity index (χ3n) is 3.46. The lowest BCUT2D eigenvalue weighted by Gasteiger charge is -2.05. The van der Waals surface area contributed by atoms with E-state index in [1.165, 1.54) is 18.6 Å². The van der Waals surface area contributed by atoms with Crippen molar-refractivity contribution in [3.05, 3.63) is 72.8 Å². The van der Waals surface area contributed by atoms with Crippen LogP contribution in [0.3, 0.4) is 0 Å². The fourth-order valence-corrected chi connectivity index (χ4v) is 3.30. The first-order valence-corrected chi connectivity index (χ1v) is 8.15. The predicted molar refractivity (Wildman–Crippen MR) is 95.0 cm³/mol. The number of nitrogens with zero attached hydrogens (tertiary/aromatic N) is 3. The second kappa shape index (κ2) is 6.17. The lowest BCUT2D eigenvalue weighted by Crippen LogP contribution is -2.13. The molecule has 116 valence electrons. The molecule has 4 rings (SSSR count). The Morgan fingerprint density at radius 3 is 2.79 bits per heavy atom. The summed E-state index contributed by atoms with van der Waals surface area (Å²) in [5, 5.41) is 3.76. The van der Waals surface area contributed by atoms with Gasteiger partial charge in [-0.3, -0.25) is 9.78 Å². The molecule has 0 aliphatic rings. The predicted octanol–water partition coefficient (Wildman–Crippen LogP) is 4.01. The molecule has 6 heteroatoms. The van der Waals surface area contributed by atoms with Gasteiger partial charge in [0.05, 0.1) is 16.4 Å². The summed E-state index contributed by atoms with van der Waals surface area (Å²) < 4.78 is 1.14. The van der Waals surface area contributed by atoms with Gasteiger partial charge in [0.1, 0.15) is 10.7 Å².